The molecule has 0 N–H and O–H groups in total. The van der Waals surface area contributed by atoms with Crippen LogP contribution in [0.5, 0.6) is 0 Å². The van der Waals surface area contributed by atoms with Gasteiger partial charge in [0, 0.05) is 6.42 Å². The second kappa shape index (κ2) is 5.34. The lowest BCUT2D eigenvalue weighted by Crippen LogP contribution is -2.06. The zero-order valence-electron chi connectivity index (χ0n) is 9.68. The summed E-state index contributed by atoms with van der Waals surface area (Å²) in [5.74, 6) is 0.321. The van der Waals surface area contributed by atoms with Gasteiger partial charge in [0.1, 0.15) is 11.3 Å². The van der Waals surface area contributed by atoms with Crippen LogP contribution in [0.3, 0.4) is 0 Å². The van der Waals surface area contributed by atoms with Crippen molar-refractivity contribution in [2.45, 2.75) is 13.3 Å². The minimum atomic E-state index is -0.327. The molecule has 0 fully saturated rings. The second-order valence-electron chi connectivity index (χ2n) is 3.64. The molecule has 0 aliphatic heterocycles. The van der Waals surface area contributed by atoms with Crippen LogP contribution in [0.25, 0.3) is 0 Å². The zero-order chi connectivity index (χ0) is 12.1. The van der Waals surface area contributed by atoms with E-state index in [-0.39, 0.29) is 5.97 Å². The summed E-state index contributed by atoms with van der Waals surface area (Å²) in [4.78, 5) is 11.6. The molecule has 0 aliphatic carbocycles. The Balaban J connectivity index is 2.17. The lowest BCUT2D eigenvalue weighted by atomic mass is 10.1. The van der Waals surface area contributed by atoms with E-state index in [0.29, 0.717) is 24.4 Å². The third-order valence-electron chi connectivity index (χ3n) is 2.45. The molecule has 0 unspecified atom stereocenters. The molecule has 1 aromatic heterocycles. The summed E-state index contributed by atoms with van der Waals surface area (Å²) in [7, 11) is 0. The van der Waals surface area contributed by atoms with Gasteiger partial charge < -0.3 is 9.15 Å². The molecule has 3 nitrogen and oxygen atoms in total. The molecule has 0 atom stereocenters. The van der Waals surface area contributed by atoms with E-state index in [1.807, 2.05) is 30.3 Å². The third-order valence-corrected chi connectivity index (χ3v) is 2.45. The topological polar surface area (TPSA) is 39.4 Å². The summed E-state index contributed by atoms with van der Waals surface area (Å²) in [6.45, 7) is 2.16. The number of furan rings is 1. The molecule has 1 aromatic carbocycles. The monoisotopic (exact) mass is 230 g/mol. The van der Waals surface area contributed by atoms with Crippen LogP contribution in [0.4, 0.5) is 0 Å². The summed E-state index contributed by atoms with van der Waals surface area (Å²) in [6, 6.07) is 11.5. The maximum atomic E-state index is 11.6. The first-order valence-electron chi connectivity index (χ1n) is 5.58. The van der Waals surface area contributed by atoms with Crippen molar-refractivity contribution in [3.8, 4) is 0 Å². The quantitative estimate of drug-likeness (QED) is 0.758. The molecule has 1 heterocycles. The maximum Gasteiger partial charge on any atom is 0.341 e. The molecule has 88 valence electrons. The summed E-state index contributed by atoms with van der Waals surface area (Å²) >= 11 is 0. The van der Waals surface area contributed by atoms with Crippen LogP contribution in [0, 0.1) is 0 Å². The first-order valence-corrected chi connectivity index (χ1v) is 5.58. The van der Waals surface area contributed by atoms with Crippen LogP contribution in [0.2, 0.25) is 0 Å². The number of benzene rings is 1. The molecule has 0 spiro atoms. The van der Waals surface area contributed by atoms with E-state index in [2.05, 4.69) is 0 Å². The Labute approximate surface area is 100 Å². The van der Waals surface area contributed by atoms with E-state index >= 15 is 0 Å². The third kappa shape index (κ3) is 2.75. The summed E-state index contributed by atoms with van der Waals surface area (Å²) < 4.78 is 10.3. The van der Waals surface area contributed by atoms with Gasteiger partial charge >= 0.3 is 5.97 Å². The van der Waals surface area contributed by atoms with Crippen molar-refractivity contribution in [3.05, 3.63) is 59.5 Å². The van der Waals surface area contributed by atoms with Gasteiger partial charge in [-0.05, 0) is 18.6 Å². The molecular weight excluding hydrogens is 216 g/mol. The second-order valence-corrected chi connectivity index (χ2v) is 3.64. The molecule has 0 radical (unpaired) electrons. The van der Waals surface area contributed by atoms with Gasteiger partial charge in [-0.2, -0.15) is 0 Å². The summed E-state index contributed by atoms with van der Waals surface area (Å²) in [5, 5.41) is 0. The van der Waals surface area contributed by atoms with Crippen LogP contribution in [-0.4, -0.2) is 12.6 Å². The Kier molecular flexibility index (Phi) is 3.60. The van der Waals surface area contributed by atoms with Gasteiger partial charge in [-0.15, -0.1) is 0 Å². The van der Waals surface area contributed by atoms with Crippen LogP contribution in [0.15, 0.2) is 47.1 Å². The highest BCUT2D eigenvalue weighted by molar-refractivity contribution is 5.90. The van der Waals surface area contributed by atoms with E-state index < -0.39 is 0 Å². The van der Waals surface area contributed by atoms with Gasteiger partial charge in [-0.25, -0.2) is 4.79 Å². The number of hydrogen-bond donors (Lipinski definition) is 0. The molecule has 0 amide bonds. The molecule has 0 bridgehead atoms. The van der Waals surface area contributed by atoms with Crippen molar-refractivity contribution >= 4 is 5.97 Å². The van der Waals surface area contributed by atoms with Crippen molar-refractivity contribution in [2.75, 3.05) is 6.61 Å². The van der Waals surface area contributed by atoms with Crippen molar-refractivity contribution in [1.82, 2.24) is 0 Å². The fraction of sp³-hybridized carbons (Fsp3) is 0.214. The Morgan fingerprint density at radius 3 is 2.71 bits per heavy atom. The molecule has 2 aromatic rings. The van der Waals surface area contributed by atoms with Crippen LogP contribution in [-0.2, 0) is 11.2 Å². The lowest BCUT2D eigenvalue weighted by molar-refractivity contribution is 0.0524. The van der Waals surface area contributed by atoms with Crippen LogP contribution < -0.4 is 0 Å². The van der Waals surface area contributed by atoms with E-state index in [1.165, 1.54) is 6.26 Å². The van der Waals surface area contributed by atoms with E-state index in [9.17, 15) is 4.79 Å². The van der Waals surface area contributed by atoms with E-state index in [0.717, 1.165) is 5.56 Å². The number of ether oxygens (including phenoxy) is 1. The van der Waals surface area contributed by atoms with Gasteiger partial charge in [0.2, 0.25) is 0 Å². The maximum absolute atomic E-state index is 11.6. The number of rotatable bonds is 4. The molecule has 0 saturated heterocycles. The molecule has 2 rings (SSSR count). The van der Waals surface area contributed by atoms with Gasteiger partial charge in [0.25, 0.3) is 0 Å². The molecular formula is C14H14O3. The minimum absolute atomic E-state index is 0.327. The smallest absolute Gasteiger partial charge is 0.341 e. The van der Waals surface area contributed by atoms with Crippen molar-refractivity contribution in [3.63, 3.8) is 0 Å². The largest absolute Gasteiger partial charge is 0.468 e. The van der Waals surface area contributed by atoms with Gasteiger partial charge in [0.15, 0.2) is 0 Å². The predicted molar refractivity (Wildman–Crippen MR) is 63.9 cm³/mol. The lowest BCUT2D eigenvalue weighted by Gasteiger charge is -2.02. The highest BCUT2D eigenvalue weighted by Crippen LogP contribution is 2.16. The number of carbonyl (C=O) groups is 1. The van der Waals surface area contributed by atoms with Gasteiger partial charge in [-0.3, -0.25) is 0 Å². The Bertz CT molecular complexity index is 485. The first-order chi connectivity index (χ1) is 8.31. The van der Waals surface area contributed by atoms with Crippen molar-refractivity contribution in [2.24, 2.45) is 0 Å². The Morgan fingerprint density at radius 2 is 2.00 bits per heavy atom. The Hall–Kier alpha value is -2.03. The summed E-state index contributed by atoms with van der Waals surface area (Å²) in [5.41, 5.74) is 1.61. The number of esters is 1. The highest BCUT2D eigenvalue weighted by atomic mass is 16.5. The van der Waals surface area contributed by atoms with Crippen LogP contribution in [0.1, 0.15) is 28.6 Å². The summed E-state index contributed by atoms with van der Waals surface area (Å²) in [6.07, 6.45) is 2.12. The standard InChI is InChI=1S/C14H14O3/c1-2-16-14(15)12-8-9-17-13(12)10-11-6-4-3-5-7-11/h3-9H,2,10H2,1H3. The average molecular weight is 230 g/mol. The normalized spacial score (nSPS) is 10.2. The Morgan fingerprint density at radius 1 is 1.24 bits per heavy atom. The molecule has 3 heteroatoms. The fourth-order valence-electron chi connectivity index (χ4n) is 1.65. The fourth-order valence-corrected chi connectivity index (χ4v) is 1.65. The van der Waals surface area contributed by atoms with E-state index in [1.54, 1.807) is 13.0 Å². The average Bonchev–Trinajstić information content (AvgIpc) is 2.79. The molecule has 17 heavy (non-hydrogen) atoms. The molecule has 0 aliphatic rings. The highest BCUT2D eigenvalue weighted by Gasteiger charge is 2.15. The van der Waals surface area contributed by atoms with Gasteiger partial charge in [0.05, 0.1) is 12.9 Å². The van der Waals surface area contributed by atoms with E-state index in [4.69, 9.17) is 9.15 Å². The van der Waals surface area contributed by atoms with Crippen molar-refractivity contribution in [1.29, 1.82) is 0 Å². The van der Waals surface area contributed by atoms with Crippen LogP contribution >= 0.6 is 0 Å². The van der Waals surface area contributed by atoms with Crippen molar-refractivity contribution < 1.29 is 13.9 Å². The minimum Gasteiger partial charge on any atom is -0.468 e. The number of hydrogen-bond acceptors (Lipinski definition) is 3. The number of carbonyl (C=O) groups excluding carboxylic acids is 1. The first kappa shape index (κ1) is 11.5. The zero-order valence-corrected chi connectivity index (χ0v) is 9.68. The predicted octanol–water partition coefficient (Wildman–Crippen LogP) is 3.05. The molecule has 0 saturated carbocycles. The SMILES string of the molecule is CCOC(=O)c1ccoc1Cc1ccccc1. The van der Waals surface area contributed by atoms with Gasteiger partial charge in [-0.1, -0.05) is 30.3 Å².